The van der Waals surface area contributed by atoms with Crippen molar-refractivity contribution in [1.29, 1.82) is 0 Å². The van der Waals surface area contributed by atoms with Gasteiger partial charge in [0.25, 0.3) is 0 Å². The van der Waals surface area contributed by atoms with E-state index in [1.54, 1.807) is 12.1 Å². The molecule has 3 fully saturated rings. The molecule has 1 aromatic rings. The largest absolute Gasteiger partial charge is 0.278 e. The van der Waals surface area contributed by atoms with E-state index in [4.69, 9.17) is 11.6 Å². The average molecular weight is 314 g/mol. The van der Waals surface area contributed by atoms with Gasteiger partial charge in [0.2, 0.25) is 11.8 Å². The van der Waals surface area contributed by atoms with Crippen LogP contribution in [0.2, 0.25) is 5.02 Å². The number of carbonyl (C=O) groups is 2. The second kappa shape index (κ2) is 4.23. The van der Waals surface area contributed by atoms with E-state index in [0.717, 1.165) is 5.56 Å². The highest BCUT2D eigenvalue weighted by Gasteiger charge is 2.66. The van der Waals surface area contributed by atoms with Crippen LogP contribution in [0.15, 0.2) is 36.4 Å². The van der Waals surface area contributed by atoms with Crippen LogP contribution in [0.25, 0.3) is 0 Å². The van der Waals surface area contributed by atoms with Crippen LogP contribution in [0, 0.1) is 35.5 Å². The summed E-state index contributed by atoms with van der Waals surface area (Å²) in [5, 5.41) is 0.666. The first-order valence-electron chi connectivity index (χ1n) is 7.93. The molecular weight excluding hydrogens is 298 g/mol. The van der Waals surface area contributed by atoms with Crippen molar-refractivity contribution in [3.8, 4) is 0 Å². The summed E-state index contributed by atoms with van der Waals surface area (Å²) in [5.74, 6) is 1.78. The molecule has 112 valence electrons. The van der Waals surface area contributed by atoms with Gasteiger partial charge in [0.15, 0.2) is 0 Å². The first-order valence-corrected chi connectivity index (χ1v) is 8.31. The Morgan fingerprint density at radius 3 is 2.05 bits per heavy atom. The molecule has 6 atom stereocenters. The van der Waals surface area contributed by atoms with Crippen molar-refractivity contribution in [1.82, 2.24) is 4.90 Å². The molecule has 2 bridgehead atoms. The fourth-order valence-electron chi connectivity index (χ4n) is 4.95. The predicted octanol–water partition coefficient (Wildman–Crippen LogP) is 2.89. The first-order chi connectivity index (χ1) is 10.6. The minimum Gasteiger partial charge on any atom is -0.278 e. The number of rotatable bonds is 2. The van der Waals surface area contributed by atoms with Crippen LogP contribution in [0.5, 0.6) is 0 Å². The van der Waals surface area contributed by atoms with E-state index in [2.05, 4.69) is 12.2 Å². The molecule has 6 rings (SSSR count). The summed E-state index contributed by atoms with van der Waals surface area (Å²) < 4.78 is 0. The number of allylic oxidation sites excluding steroid dienone is 2. The molecule has 2 saturated carbocycles. The lowest BCUT2D eigenvalue weighted by Crippen LogP contribution is -2.40. The van der Waals surface area contributed by atoms with Crippen molar-refractivity contribution in [3.05, 3.63) is 47.0 Å². The second-order valence-electron chi connectivity index (χ2n) is 7.04. The third kappa shape index (κ3) is 1.58. The van der Waals surface area contributed by atoms with E-state index in [9.17, 15) is 9.59 Å². The highest BCUT2D eigenvalue weighted by Crippen LogP contribution is 2.65. The summed E-state index contributed by atoms with van der Waals surface area (Å²) in [5.41, 5.74) is 0.954. The molecule has 1 aliphatic heterocycles. The fraction of sp³-hybridized carbons (Fsp3) is 0.444. The Morgan fingerprint density at radius 1 is 0.955 bits per heavy atom. The average Bonchev–Trinajstić information content (AvgIpc) is 3.30. The van der Waals surface area contributed by atoms with Crippen molar-refractivity contribution < 1.29 is 9.59 Å². The lowest BCUT2D eigenvalue weighted by molar-refractivity contribution is -0.140. The molecule has 0 radical (unpaired) electrons. The lowest BCUT2D eigenvalue weighted by Gasteiger charge is -2.37. The van der Waals surface area contributed by atoms with E-state index >= 15 is 0 Å². The Bertz CT molecular complexity index is 674. The number of nitrogens with zero attached hydrogens (tertiary/aromatic N) is 1. The number of hydrogen-bond donors (Lipinski definition) is 0. The normalized spacial score (nSPS) is 40.9. The third-order valence-electron chi connectivity index (χ3n) is 6.01. The SMILES string of the molecule is O=C1[C@@H]2[C@H]3C=C[C@@H]([C@@H]4C[C@H]34)[C@H]2C(=O)N1Cc1ccc(Cl)cc1. The summed E-state index contributed by atoms with van der Waals surface area (Å²) >= 11 is 5.90. The molecule has 1 heterocycles. The summed E-state index contributed by atoms with van der Waals surface area (Å²) in [6.45, 7) is 0.372. The molecule has 3 nitrogen and oxygen atoms in total. The van der Waals surface area contributed by atoms with Gasteiger partial charge in [-0.1, -0.05) is 35.9 Å². The van der Waals surface area contributed by atoms with E-state index < -0.39 is 0 Å². The molecule has 1 saturated heterocycles. The minimum atomic E-state index is -0.0986. The highest BCUT2D eigenvalue weighted by molar-refractivity contribution is 6.30. The molecule has 4 heteroatoms. The number of likely N-dealkylation sites (tertiary alicyclic amines) is 1. The molecular formula is C18H16ClNO2. The van der Waals surface area contributed by atoms with E-state index in [0.29, 0.717) is 35.2 Å². The molecule has 22 heavy (non-hydrogen) atoms. The van der Waals surface area contributed by atoms with Gasteiger partial charge in [-0.05, 0) is 47.8 Å². The topological polar surface area (TPSA) is 37.4 Å². The van der Waals surface area contributed by atoms with Crippen LogP contribution < -0.4 is 0 Å². The second-order valence-corrected chi connectivity index (χ2v) is 7.48. The van der Waals surface area contributed by atoms with Gasteiger partial charge in [-0.25, -0.2) is 0 Å². The van der Waals surface area contributed by atoms with Gasteiger partial charge in [-0.3, -0.25) is 14.5 Å². The first kappa shape index (κ1) is 12.9. The van der Waals surface area contributed by atoms with Crippen molar-refractivity contribution in [2.75, 3.05) is 0 Å². The van der Waals surface area contributed by atoms with Gasteiger partial charge in [-0.2, -0.15) is 0 Å². The Kier molecular flexibility index (Phi) is 2.48. The Morgan fingerprint density at radius 2 is 1.50 bits per heavy atom. The van der Waals surface area contributed by atoms with Crippen LogP contribution in [0.1, 0.15) is 12.0 Å². The number of benzene rings is 1. The van der Waals surface area contributed by atoms with E-state index in [1.165, 1.54) is 11.3 Å². The van der Waals surface area contributed by atoms with Crippen LogP contribution in [-0.2, 0) is 16.1 Å². The maximum Gasteiger partial charge on any atom is 0.234 e. The standard InChI is InChI=1S/C18H16ClNO2/c19-10-3-1-9(2-4-10)8-20-17(21)15-11-5-6-12(14-7-13(11)14)16(15)18(20)22/h1-6,11-16H,7-8H2/t11-,12-,13-,14+,15+,16+/m0/s1. The fourth-order valence-corrected chi connectivity index (χ4v) is 5.07. The minimum absolute atomic E-state index is 0.0367. The van der Waals surface area contributed by atoms with Crippen molar-refractivity contribution in [2.24, 2.45) is 35.5 Å². The molecule has 5 aliphatic rings. The zero-order valence-electron chi connectivity index (χ0n) is 12.0. The molecule has 2 amide bonds. The molecule has 0 N–H and O–H groups in total. The van der Waals surface area contributed by atoms with E-state index in [1.807, 2.05) is 12.1 Å². The maximum atomic E-state index is 12.8. The Balaban J connectivity index is 1.46. The van der Waals surface area contributed by atoms with Gasteiger partial charge in [0, 0.05) is 5.02 Å². The lowest BCUT2D eigenvalue weighted by atomic mass is 9.63. The van der Waals surface area contributed by atoms with Gasteiger partial charge < -0.3 is 0 Å². The van der Waals surface area contributed by atoms with E-state index in [-0.39, 0.29) is 23.7 Å². The summed E-state index contributed by atoms with van der Waals surface area (Å²) in [4.78, 5) is 27.1. The molecule has 0 spiro atoms. The number of imide groups is 1. The maximum absolute atomic E-state index is 12.8. The monoisotopic (exact) mass is 313 g/mol. The van der Waals surface area contributed by atoms with Gasteiger partial charge in [0.05, 0.1) is 18.4 Å². The number of amides is 2. The quantitative estimate of drug-likeness (QED) is 0.622. The van der Waals surface area contributed by atoms with Crippen molar-refractivity contribution >= 4 is 23.4 Å². The summed E-state index contributed by atoms with van der Waals surface area (Å²) in [6.07, 6.45) is 5.61. The predicted molar refractivity (Wildman–Crippen MR) is 81.7 cm³/mol. The van der Waals surface area contributed by atoms with Crippen LogP contribution in [0.4, 0.5) is 0 Å². The molecule has 1 aromatic carbocycles. The number of hydrogen-bond acceptors (Lipinski definition) is 2. The Labute approximate surface area is 133 Å². The zero-order chi connectivity index (χ0) is 15.0. The molecule has 0 aromatic heterocycles. The summed E-state index contributed by atoms with van der Waals surface area (Å²) in [6, 6.07) is 7.37. The van der Waals surface area contributed by atoms with Crippen molar-refractivity contribution in [3.63, 3.8) is 0 Å². The van der Waals surface area contributed by atoms with Crippen LogP contribution >= 0.6 is 11.6 Å². The molecule has 4 aliphatic carbocycles. The van der Waals surface area contributed by atoms with Gasteiger partial charge in [0.1, 0.15) is 0 Å². The third-order valence-corrected chi connectivity index (χ3v) is 6.26. The van der Waals surface area contributed by atoms with Gasteiger partial charge >= 0.3 is 0 Å². The molecule has 0 unspecified atom stereocenters. The van der Waals surface area contributed by atoms with Gasteiger partial charge in [-0.15, -0.1) is 0 Å². The zero-order valence-corrected chi connectivity index (χ0v) is 12.7. The highest BCUT2D eigenvalue weighted by atomic mass is 35.5. The summed E-state index contributed by atoms with van der Waals surface area (Å²) in [7, 11) is 0. The van der Waals surface area contributed by atoms with Crippen LogP contribution in [-0.4, -0.2) is 16.7 Å². The number of halogens is 1. The van der Waals surface area contributed by atoms with Crippen molar-refractivity contribution in [2.45, 2.75) is 13.0 Å². The van der Waals surface area contributed by atoms with Crippen LogP contribution in [0.3, 0.4) is 0 Å². The Hall–Kier alpha value is -1.61. The smallest absolute Gasteiger partial charge is 0.234 e. The number of carbonyl (C=O) groups excluding carboxylic acids is 2.